The highest BCUT2D eigenvalue weighted by Crippen LogP contribution is 2.46. The molecular weight excluding hydrogens is 528 g/mol. The third-order valence-corrected chi connectivity index (χ3v) is 9.78. The van der Waals surface area contributed by atoms with Gasteiger partial charge in [0.25, 0.3) is 0 Å². The van der Waals surface area contributed by atoms with Crippen LogP contribution in [-0.4, -0.2) is 0 Å². The van der Waals surface area contributed by atoms with Gasteiger partial charge >= 0.3 is 0 Å². The minimum absolute atomic E-state index is 1.28. The highest BCUT2D eigenvalue weighted by Gasteiger charge is 2.18. The van der Waals surface area contributed by atoms with E-state index in [9.17, 15) is 0 Å². The molecule has 0 aliphatic heterocycles. The number of rotatable bonds is 2. The zero-order valence-electron chi connectivity index (χ0n) is 24.0. The summed E-state index contributed by atoms with van der Waals surface area (Å²) in [6.07, 6.45) is 0. The highest BCUT2D eigenvalue weighted by atomic mass is 14.2. The van der Waals surface area contributed by atoms with E-state index in [4.69, 9.17) is 0 Å². The van der Waals surface area contributed by atoms with E-state index in [1.807, 2.05) is 0 Å². The fourth-order valence-electron chi connectivity index (χ4n) is 7.82. The van der Waals surface area contributed by atoms with Crippen molar-refractivity contribution < 1.29 is 0 Å². The van der Waals surface area contributed by atoms with E-state index in [2.05, 4.69) is 158 Å². The molecule has 0 bridgehead atoms. The summed E-state index contributed by atoms with van der Waals surface area (Å²) in [5.41, 5.74) is 5.15. The average Bonchev–Trinajstić information content (AvgIpc) is 3.10. The molecule has 0 aliphatic rings. The van der Waals surface area contributed by atoms with E-state index in [-0.39, 0.29) is 0 Å². The molecule has 0 atom stereocenters. The zero-order valence-corrected chi connectivity index (χ0v) is 24.0. The second kappa shape index (κ2) is 8.89. The summed E-state index contributed by atoms with van der Waals surface area (Å²) < 4.78 is 0. The fourth-order valence-corrected chi connectivity index (χ4v) is 7.82. The Hall–Kier alpha value is -5.72. The highest BCUT2D eigenvalue weighted by molar-refractivity contribution is 6.29. The molecule has 0 saturated heterocycles. The lowest BCUT2D eigenvalue weighted by atomic mass is 9.85. The van der Waals surface area contributed by atoms with Gasteiger partial charge in [-0.2, -0.15) is 0 Å². The predicted molar refractivity (Wildman–Crippen MR) is 191 cm³/mol. The Morgan fingerprint density at radius 1 is 0.205 bits per heavy atom. The zero-order chi connectivity index (χ0) is 28.8. The van der Waals surface area contributed by atoms with Crippen molar-refractivity contribution in [3.8, 4) is 22.3 Å². The van der Waals surface area contributed by atoms with Crippen LogP contribution in [0.1, 0.15) is 0 Å². The van der Waals surface area contributed by atoms with Crippen molar-refractivity contribution in [1.29, 1.82) is 0 Å². The first kappa shape index (κ1) is 23.8. The lowest BCUT2D eigenvalue weighted by Gasteiger charge is -2.19. The van der Waals surface area contributed by atoms with Gasteiger partial charge in [-0.3, -0.25) is 0 Å². The van der Waals surface area contributed by atoms with Crippen LogP contribution in [0.15, 0.2) is 158 Å². The minimum atomic E-state index is 1.28. The van der Waals surface area contributed by atoms with E-state index in [0.29, 0.717) is 0 Å². The van der Waals surface area contributed by atoms with Gasteiger partial charge in [0.1, 0.15) is 0 Å². The summed E-state index contributed by atoms with van der Waals surface area (Å²) in [5, 5.41) is 18.2. The van der Waals surface area contributed by atoms with Crippen LogP contribution in [0.5, 0.6) is 0 Å². The van der Waals surface area contributed by atoms with Gasteiger partial charge in [-0.25, -0.2) is 0 Å². The summed E-state index contributed by atoms with van der Waals surface area (Å²) >= 11 is 0. The molecule has 0 fully saturated rings. The minimum Gasteiger partial charge on any atom is -0.0616 e. The van der Waals surface area contributed by atoms with Crippen molar-refractivity contribution in [1.82, 2.24) is 0 Å². The number of benzene rings is 10. The first-order valence-electron chi connectivity index (χ1n) is 15.4. The summed E-state index contributed by atoms with van der Waals surface area (Å²) in [4.78, 5) is 0. The first-order valence-corrected chi connectivity index (χ1v) is 15.4. The molecule has 0 aliphatic carbocycles. The average molecular weight is 555 g/mol. The maximum Gasteiger partial charge on any atom is -0.00203 e. The van der Waals surface area contributed by atoms with Gasteiger partial charge in [-0.05, 0) is 110 Å². The molecule has 10 aromatic carbocycles. The van der Waals surface area contributed by atoms with Crippen LogP contribution in [0, 0.1) is 0 Å². The first-order chi connectivity index (χ1) is 21.8. The molecule has 0 heterocycles. The van der Waals surface area contributed by atoms with Crippen LogP contribution in [0.4, 0.5) is 0 Å². The number of fused-ring (bicyclic) bond motifs is 6. The Kier molecular flexibility index (Phi) is 4.81. The molecule has 0 N–H and O–H groups in total. The standard InChI is InChI=1S/C44H26/c1-3-11-31-29(9-1)25-41(35-15-7-5-13-33(31)35)37-21-17-27-20-24-40-38(22-18-28-19-23-39(37)43(27)44(28)40)42-26-30-10-2-4-12-32(30)34-14-6-8-16-36(34)42/h1-26H. The topological polar surface area (TPSA) is 0 Å². The molecule has 0 aromatic heterocycles. The van der Waals surface area contributed by atoms with E-state index in [1.54, 1.807) is 0 Å². The summed E-state index contributed by atoms with van der Waals surface area (Å²) in [6, 6.07) is 58.6. The predicted octanol–water partition coefficient (Wildman–Crippen LogP) is 12.5. The van der Waals surface area contributed by atoms with Gasteiger partial charge in [-0.1, -0.05) is 146 Å². The second-order valence-corrected chi connectivity index (χ2v) is 12.0. The number of hydrogen-bond acceptors (Lipinski definition) is 0. The number of hydrogen-bond donors (Lipinski definition) is 0. The van der Waals surface area contributed by atoms with Gasteiger partial charge in [0.2, 0.25) is 0 Å². The van der Waals surface area contributed by atoms with Gasteiger partial charge in [0.05, 0.1) is 0 Å². The van der Waals surface area contributed by atoms with Crippen LogP contribution < -0.4 is 0 Å². The van der Waals surface area contributed by atoms with Crippen molar-refractivity contribution in [2.75, 3.05) is 0 Å². The van der Waals surface area contributed by atoms with E-state index < -0.39 is 0 Å². The molecule has 0 unspecified atom stereocenters. The molecule has 44 heavy (non-hydrogen) atoms. The lowest BCUT2D eigenvalue weighted by molar-refractivity contribution is 1.71. The smallest absolute Gasteiger partial charge is 0.00203 e. The van der Waals surface area contributed by atoms with Crippen LogP contribution >= 0.6 is 0 Å². The van der Waals surface area contributed by atoms with Gasteiger partial charge in [0.15, 0.2) is 0 Å². The Morgan fingerprint density at radius 3 is 1.02 bits per heavy atom. The SMILES string of the molecule is c1ccc2c(c1)cc(-c1ccc3ccc4c(-c5cc6ccccc6c6ccccc56)ccc5ccc1c3c54)c1ccccc12. The van der Waals surface area contributed by atoms with Gasteiger partial charge < -0.3 is 0 Å². The Labute approximate surface area is 254 Å². The third-order valence-electron chi connectivity index (χ3n) is 9.78. The molecule has 0 heteroatoms. The molecule has 0 amide bonds. The molecule has 0 radical (unpaired) electrons. The van der Waals surface area contributed by atoms with Crippen molar-refractivity contribution in [2.45, 2.75) is 0 Å². The van der Waals surface area contributed by atoms with Crippen molar-refractivity contribution in [3.63, 3.8) is 0 Å². The summed E-state index contributed by atoms with van der Waals surface area (Å²) in [5.74, 6) is 0. The van der Waals surface area contributed by atoms with Crippen LogP contribution in [0.2, 0.25) is 0 Å². The molecule has 0 spiro atoms. The van der Waals surface area contributed by atoms with Gasteiger partial charge in [-0.15, -0.1) is 0 Å². The molecule has 0 nitrogen and oxygen atoms in total. The Balaban J connectivity index is 1.31. The van der Waals surface area contributed by atoms with Crippen molar-refractivity contribution in [2.24, 2.45) is 0 Å². The quantitative estimate of drug-likeness (QED) is 0.186. The van der Waals surface area contributed by atoms with E-state index in [1.165, 1.54) is 97.7 Å². The van der Waals surface area contributed by atoms with E-state index >= 15 is 0 Å². The van der Waals surface area contributed by atoms with Crippen LogP contribution in [0.25, 0.3) is 97.7 Å². The second-order valence-electron chi connectivity index (χ2n) is 12.0. The molecular formula is C44H26. The van der Waals surface area contributed by atoms with Crippen LogP contribution in [0.3, 0.4) is 0 Å². The normalized spacial score (nSPS) is 12.1. The molecule has 0 saturated carbocycles. The molecule has 10 aromatic rings. The summed E-state index contributed by atoms with van der Waals surface area (Å²) in [6.45, 7) is 0. The fraction of sp³-hybridized carbons (Fsp3) is 0. The summed E-state index contributed by atoms with van der Waals surface area (Å²) in [7, 11) is 0. The lowest BCUT2D eigenvalue weighted by Crippen LogP contribution is -1.91. The van der Waals surface area contributed by atoms with Gasteiger partial charge in [0, 0.05) is 0 Å². The molecule has 202 valence electrons. The monoisotopic (exact) mass is 554 g/mol. The maximum atomic E-state index is 2.39. The largest absolute Gasteiger partial charge is 0.0616 e. The Bertz CT molecular complexity index is 2570. The van der Waals surface area contributed by atoms with Crippen LogP contribution in [-0.2, 0) is 0 Å². The van der Waals surface area contributed by atoms with E-state index in [0.717, 1.165) is 0 Å². The van der Waals surface area contributed by atoms with Crippen molar-refractivity contribution in [3.05, 3.63) is 158 Å². The Morgan fingerprint density at radius 2 is 0.568 bits per heavy atom. The van der Waals surface area contributed by atoms with Crippen molar-refractivity contribution >= 4 is 75.4 Å². The third kappa shape index (κ3) is 3.23. The molecule has 10 rings (SSSR count). The maximum absolute atomic E-state index is 2.39.